The van der Waals surface area contributed by atoms with Gasteiger partial charge in [-0.2, -0.15) is 0 Å². The molecule has 2 aliphatic heterocycles. The van der Waals surface area contributed by atoms with E-state index in [0.29, 0.717) is 5.16 Å². The Kier molecular flexibility index (Phi) is 2.22. The lowest BCUT2D eigenvalue weighted by Crippen LogP contribution is -2.26. The van der Waals surface area contributed by atoms with Crippen LogP contribution in [0.25, 0.3) is 5.76 Å². The van der Waals surface area contributed by atoms with Gasteiger partial charge in [0.25, 0.3) is 0 Å². The molecule has 2 nitrogen and oxygen atoms in total. The van der Waals surface area contributed by atoms with Crippen LogP contribution in [-0.4, -0.2) is 6.04 Å². The predicted octanol–water partition coefficient (Wildman–Crippen LogP) is 2.99. The fourth-order valence-corrected chi connectivity index (χ4v) is 2.00. The third kappa shape index (κ3) is 1.61. The van der Waals surface area contributed by atoms with E-state index in [1.807, 2.05) is 42.5 Å². The van der Waals surface area contributed by atoms with Crippen molar-refractivity contribution in [2.75, 3.05) is 0 Å². The molecule has 0 spiro atoms. The zero-order valence-corrected chi connectivity index (χ0v) is 9.24. The molecule has 1 atom stereocenters. The van der Waals surface area contributed by atoms with Crippen molar-refractivity contribution in [3.05, 3.63) is 65.0 Å². The molecule has 0 saturated heterocycles. The number of dihydropyridines is 1. The molecular formula is C13H10ClNO. The molecule has 0 amide bonds. The predicted molar refractivity (Wildman–Crippen MR) is 64.4 cm³/mol. The van der Waals surface area contributed by atoms with E-state index in [1.54, 1.807) is 6.08 Å². The van der Waals surface area contributed by atoms with Crippen molar-refractivity contribution in [1.82, 2.24) is 5.32 Å². The number of benzene rings is 1. The Morgan fingerprint density at radius 3 is 2.75 bits per heavy atom. The second kappa shape index (κ2) is 3.72. The molecule has 3 rings (SSSR count). The second-order valence-corrected chi connectivity index (χ2v) is 4.11. The molecule has 0 fully saturated rings. The first-order chi connectivity index (χ1) is 7.83. The van der Waals surface area contributed by atoms with E-state index in [1.165, 1.54) is 0 Å². The van der Waals surface area contributed by atoms with E-state index in [4.69, 9.17) is 16.3 Å². The topological polar surface area (TPSA) is 21.3 Å². The molecule has 16 heavy (non-hydrogen) atoms. The summed E-state index contributed by atoms with van der Waals surface area (Å²) in [7, 11) is 0. The van der Waals surface area contributed by atoms with Crippen molar-refractivity contribution in [3.63, 3.8) is 0 Å². The maximum absolute atomic E-state index is 5.90. The standard InChI is InChI=1S/C13H10ClNO/c14-13-7-6-11-10(15-13)8-12(16-11)9-4-2-1-3-5-9/h1-8,10,15H. The lowest BCUT2D eigenvalue weighted by Gasteiger charge is -2.15. The zero-order valence-electron chi connectivity index (χ0n) is 8.48. The third-order valence-electron chi connectivity index (χ3n) is 2.60. The van der Waals surface area contributed by atoms with Gasteiger partial charge in [-0.3, -0.25) is 0 Å². The van der Waals surface area contributed by atoms with Crippen LogP contribution in [0.1, 0.15) is 5.56 Å². The first kappa shape index (κ1) is 9.55. The van der Waals surface area contributed by atoms with Crippen LogP contribution in [0.5, 0.6) is 0 Å². The van der Waals surface area contributed by atoms with Crippen LogP contribution in [0.15, 0.2) is 59.5 Å². The summed E-state index contributed by atoms with van der Waals surface area (Å²) in [5.74, 6) is 1.77. The van der Waals surface area contributed by atoms with Crippen molar-refractivity contribution in [1.29, 1.82) is 0 Å². The van der Waals surface area contributed by atoms with Crippen molar-refractivity contribution >= 4 is 17.4 Å². The summed E-state index contributed by atoms with van der Waals surface area (Å²) in [6.07, 6.45) is 5.74. The van der Waals surface area contributed by atoms with Crippen LogP contribution in [0.3, 0.4) is 0 Å². The Morgan fingerprint density at radius 1 is 1.12 bits per heavy atom. The molecule has 1 aromatic carbocycles. The van der Waals surface area contributed by atoms with Gasteiger partial charge in [0, 0.05) is 5.56 Å². The Bertz CT molecular complexity index is 502. The van der Waals surface area contributed by atoms with Crippen LogP contribution in [0.2, 0.25) is 0 Å². The SMILES string of the molecule is ClC1=CC=C2OC(c3ccccc3)=CC2N1. The molecule has 1 unspecified atom stereocenters. The van der Waals surface area contributed by atoms with Crippen LogP contribution < -0.4 is 5.32 Å². The number of allylic oxidation sites excluding steroid dienone is 2. The fraction of sp³-hybridized carbons (Fsp3) is 0.0769. The molecule has 2 heterocycles. The Hall–Kier alpha value is -1.67. The van der Waals surface area contributed by atoms with E-state index in [2.05, 4.69) is 5.32 Å². The van der Waals surface area contributed by atoms with Crippen molar-refractivity contribution in [2.24, 2.45) is 0 Å². The highest BCUT2D eigenvalue weighted by Gasteiger charge is 2.26. The molecule has 1 aromatic rings. The smallest absolute Gasteiger partial charge is 0.132 e. The summed E-state index contributed by atoms with van der Waals surface area (Å²) >= 11 is 5.90. The number of hydrogen-bond acceptors (Lipinski definition) is 2. The summed E-state index contributed by atoms with van der Waals surface area (Å²) in [4.78, 5) is 0. The average molecular weight is 232 g/mol. The number of nitrogens with one attached hydrogen (secondary N) is 1. The van der Waals surface area contributed by atoms with E-state index in [0.717, 1.165) is 17.1 Å². The van der Waals surface area contributed by atoms with Gasteiger partial charge in [-0.15, -0.1) is 0 Å². The molecule has 2 aliphatic rings. The van der Waals surface area contributed by atoms with Crippen molar-refractivity contribution in [3.8, 4) is 0 Å². The highest BCUT2D eigenvalue weighted by atomic mass is 35.5. The average Bonchev–Trinajstić information content (AvgIpc) is 2.73. The highest BCUT2D eigenvalue weighted by molar-refractivity contribution is 6.29. The molecule has 0 aromatic heterocycles. The summed E-state index contributed by atoms with van der Waals surface area (Å²) in [6, 6.07) is 10.1. The molecule has 3 heteroatoms. The number of hydrogen-bond donors (Lipinski definition) is 1. The monoisotopic (exact) mass is 231 g/mol. The Balaban J connectivity index is 1.91. The van der Waals surface area contributed by atoms with Crippen LogP contribution in [0.4, 0.5) is 0 Å². The van der Waals surface area contributed by atoms with Crippen molar-refractivity contribution in [2.45, 2.75) is 6.04 Å². The molecule has 1 N–H and O–H groups in total. The van der Waals surface area contributed by atoms with E-state index in [9.17, 15) is 0 Å². The van der Waals surface area contributed by atoms with Gasteiger partial charge in [0.15, 0.2) is 0 Å². The van der Waals surface area contributed by atoms with Gasteiger partial charge in [0.05, 0.1) is 0 Å². The maximum atomic E-state index is 5.90. The summed E-state index contributed by atoms with van der Waals surface area (Å²) in [6.45, 7) is 0. The van der Waals surface area contributed by atoms with Gasteiger partial charge in [-0.05, 0) is 18.2 Å². The van der Waals surface area contributed by atoms with Gasteiger partial charge in [0.2, 0.25) is 0 Å². The quantitative estimate of drug-likeness (QED) is 0.751. The van der Waals surface area contributed by atoms with Gasteiger partial charge in [-0.25, -0.2) is 0 Å². The summed E-state index contributed by atoms with van der Waals surface area (Å²) < 4.78 is 5.76. The molecule has 0 radical (unpaired) electrons. The minimum absolute atomic E-state index is 0.0627. The lowest BCUT2D eigenvalue weighted by atomic mass is 10.1. The van der Waals surface area contributed by atoms with Gasteiger partial charge in [-0.1, -0.05) is 41.9 Å². The van der Waals surface area contributed by atoms with Crippen LogP contribution >= 0.6 is 11.6 Å². The summed E-state index contributed by atoms with van der Waals surface area (Å²) in [5, 5.41) is 3.78. The number of rotatable bonds is 1. The largest absolute Gasteiger partial charge is 0.459 e. The fourth-order valence-electron chi connectivity index (χ4n) is 1.82. The third-order valence-corrected chi connectivity index (χ3v) is 2.83. The van der Waals surface area contributed by atoms with Gasteiger partial charge in [0.1, 0.15) is 22.7 Å². The first-order valence-electron chi connectivity index (χ1n) is 5.12. The van der Waals surface area contributed by atoms with E-state index < -0.39 is 0 Å². The normalized spacial score (nSPS) is 22.3. The lowest BCUT2D eigenvalue weighted by molar-refractivity contribution is 0.375. The van der Waals surface area contributed by atoms with E-state index >= 15 is 0 Å². The first-order valence-corrected chi connectivity index (χ1v) is 5.50. The van der Waals surface area contributed by atoms with Gasteiger partial charge < -0.3 is 10.1 Å². The Morgan fingerprint density at radius 2 is 1.94 bits per heavy atom. The van der Waals surface area contributed by atoms with Crippen molar-refractivity contribution < 1.29 is 4.74 Å². The molecule has 0 bridgehead atoms. The molecule has 80 valence electrons. The minimum atomic E-state index is 0.0627. The zero-order chi connectivity index (χ0) is 11.0. The molecular weight excluding hydrogens is 222 g/mol. The van der Waals surface area contributed by atoms with Crippen LogP contribution in [-0.2, 0) is 4.74 Å². The summed E-state index contributed by atoms with van der Waals surface area (Å²) in [5.41, 5.74) is 1.08. The van der Waals surface area contributed by atoms with E-state index in [-0.39, 0.29) is 6.04 Å². The number of fused-ring (bicyclic) bond motifs is 1. The molecule has 0 aliphatic carbocycles. The molecule has 0 saturated carbocycles. The Labute approximate surface area is 98.9 Å². The number of ether oxygens (including phenoxy) is 1. The highest BCUT2D eigenvalue weighted by Crippen LogP contribution is 2.31. The maximum Gasteiger partial charge on any atom is 0.132 e. The second-order valence-electron chi connectivity index (χ2n) is 3.70. The minimum Gasteiger partial charge on any atom is -0.459 e. The number of halogens is 1. The van der Waals surface area contributed by atoms with Crippen LogP contribution in [0, 0.1) is 0 Å². The van der Waals surface area contributed by atoms with Gasteiger partial charge >= 0.3 is 0 Å².